The smallest absolute Gasteiger partial charge is 0.351 e. The number of anilines is 1. The van der Waals surface area contributed by atoms with E-state index in [4.69, 9.17) is 19.3 Å². The SMILES string of the molecule is O=C(Nc1ccn([C@@H]2O[C@H](COC3O[C@H](CO)[C@@H](O)[C@H]3O)[C@@H](O)[C@H]2O)c(=O)n1)c1ccccc1. The summed E-state index contributed by atoms with van der Waals surface area (Å²) in [6, 6.07) is 9.68. The summed E-state index contributed by atoms with van der Waals surface area (Å²) in [7, 11) is 0. The van der Waals surface area contributed by atoms with Crippen molar-refractivity contribution in [2.24, 2.45) is 0 Å². The fourth-order valence-electron chi connectivity index (χ4n) is 3.74. The summed E-state index contributed by atoms with van der Waals surface area (Å²) >= 11 is 0. The first-order valence-electron chi connectivity index (χ1n) is 10.5. The lowest BCUT2D eigenvalue weighted by molar-refractivity contribution is -0.190. The van der Waals surface area contributed by atoms with Crippen molar-refractivity contribution < 1.29 is 44.5 Å². The minimum absolute atomic E-state index is 0.00705. The maximum atomic E-state index is 12.5. The summed E-state index contributed by atoms with van der Waals surface area (Å²) in [5.41, 5.74) is -0.463. The van der Waals surface area contributed by atoms with E-state index in [0.717, 1.165) is 4.57 Å². The lowest BCUT2D eigenvalue weighted by atomic mass is 10.1. The van der Waals surface area contributed by atoms with Crippen LogP contribution in [0.3, 0.4) is 0 Å². The lowest BCUT2D eigenvalue weighted by Crippen LogP contribution is -2.38. The fraction of sp³-hybridized carbons (Fsp3) is 0.476. The highest BCUT2D eigenvalue weighted by Crippen LogP contribution is 2.30. The largest absolute Gasteiger partial charge is 0.394 e. The van der Waals surface area contributed by atoms with Gasteiger partial charge in [0.05, 0.1) is 13.2 Å². The van der Waals surface area contributed by atoms with Gasteiger partial charge in [-0.3, -0.25) is 9.36 Å². The van der Waals surface area contributed by atoms with E-state index < -0.39 is 67.3 Å². The van der Waals surface area contributed by atoms with Gasteiger partial charge in [0.25, 0.3) is 5.91 Å². The number of carbonyl (C=O) groups excluding carboxylic acids is 1. The molecule has 2 saturated heterocycles. The molecule has 1 unspecified atom stereocenters. The van der Waals surface area contributed by atoms with Gasteiger partial charge >= 0.3 is 5.69 Å². The summed E-state index contributed by atoms with van der Waals surface area (Å²) in [6.45, 7) is -0.881. The van der Waals surface area contributed by atoms with Crippen molar-refractivity contribution in [1.29, 1.82) is 0 Å². The molecule has 6 N–H and O–H groups in total. The second-order valence-electron chi connectivity index (χ2n) is 7.91. The van der Waals surface area contributed by atoms with Crippen molar-refractivity contribution in [1.82, 2.24) is 9.55 Å². The summed E-state index contributed by atoms with van der Waals surface area (Å²) in [4.78, 5) is 28.5. The molecule has 2 aliphatic heterocycles. The number of amides is 1. The molecule has 34 heavy (non-hydrogen) atoms. The van der Waals surface area contributed by atoms with E-state index in [1.54, 1.807) is 30.3 Å². The van der Waals surface area contributed by atoms with E-state index in [9.17, 15) is 30.0 Å². The van der Waals surface area contributed by atoms with Gasteiger partial charge in [0, 0.05) is 11.8 Å². The molecule has 13 nitrogen and oxygen atoms in total. The number of aliphatic hydroxyl groups excluding tert-OH is 5. The highest BCUT2D eigenvalue weighted by Gasteiger charge is 2.47. The zero-order valence-corrected chi connectivity index (χ0v) is 17.7. The van der Waals surface area contributed by atoms with Crippen LogP contribution in [0.1, 0.15) is 16.6 Å². The quantitative estimate of drug-likeness (QED) is 0.247. The zero-order chi connectivity index (χ0) is 24.4. The van der Waals surface area contributed by atoms with Crippen LogP contribution in [0.5, 0.6) is 0 Å². The van der Waals surface area contributed by atoms with Gasteiger partial charge in [0.2, 0.25) is 0 Å². The molecule has 0 spiro atoms. The van der Waals surface area contributed by atoms with Crippen molar-refractivity contribution in [3.63, 3.8) is 0 Å². The molecule has 2 aromatic rings. The average Bonchev–Trinajstić information content (AvgIpc) is 3.28. The Kier molecular flexibility index (Phi) is 7.35. The second-order valence-corrected chi connectivity index (χ2v) is 7.91. The normalized spacial score (nSPS) is 33.2. The highest BCUT2D eigenvalue weighted by atomic mass is 16.7. The average molecular weight is 479 g/mol. The van der Waals surface area contributed by atoms with Crippen LogP contribution in [0.2, 0.25) is 0 Å². The van der Waals surface area contributed by atoms with Gasteiger partial charge < -0.3 is 45.1 Å². The number of ether oxygens (including phenoxy) is 3. The number of nitrogens with zero attached hydrogens (tertiary/aromatic N) is 2. The first-order chi connectivity index (χ1) is 16.3. The Morgan fingerprint density at radius 3 is 2.35 bits per heavy atom. The maximum Gasteiger partial charge on any atom is 0.351 e. The first-order valence-corrected chi connectivity index (χ1v) is 10.5. The Morgan fingerprint density at radius 2 is 1.71 bits per heavy atom. The first kappa shape index (κ1) is 24.4. The summed E-state index contributed by atoms with van der Waals surface area (Å²) in [6.07, 6.45) is -9.21. The molecule has 13 heteroatoms. The van der Waals surface area contributed by atoms with Gasteiger partial charge in [-0.15, -0.1) is 0 Å². The summed E-state index contributed by atoms with van der Waals surface area (Å²) < 4.78 is 17.1. The molecular formula is C21H25N3O10. The number of aromatic nitrogens is 2. The predicted molar refractivity (Wildman–Crippen MR) is 113 cm³/mol. The van der Waals surface area contributed by atoms with Crippen molar-refractivity contribution in [3.8, 4) is 0 Å². The van der Waals surface area contributed by atoms with Crippen LogP contribution in [0, 0.1) is 0 Å². The number of rotatable bonds is 7. The minimum atomic E-state index is -1.51. The van der Waals surface area contributed by atoms with Gasteiger partial charge in [0.1, 0.15) is 42.4 Å². The van der Waals surface area contributed by atoms with E-state index in [1.165, 1.54) is 12.3 Å². The molecule has 1 aromatic carbocycles. The molecule has 0 radical (unpaired) electrons. The van der Waals surface area contributed by atoms with Crippen molar-refractivity contribution in [3.05, 3.63) is 58.6 Å². The highest BCUT2D eigenvalue weighted by molar-refractivity contribution is 6.03. The van der Waals surface area contributed by atoms with Crippen LogP contribution in [0.25, 0.3) is 0 Å². The summed E-state index contributed by atoms with van der Waals surface area (Å²) in [5.74, 6) is -0.465. The molecule has 2 aliphatic rings. The zero-order valence-electron chi connectivity index (χ0n) is 17.7. The topological polar surface area (TPSA) is 193 Å². The molecule has 0 saturated carbocycles. The van der Waals surface area contributed by atoms with Crippen molar-refractivity contribution >= 4 is 11.7 Å². The summed E-state index contributed by atoms with van der Waals surface area (Å²) in [5, 5.41) is 52.1. The van der Waals surface area contributed by atoms with E-state index in [-0.39, 0.29) is 12.4 Å². The number of nitrogens with one attached hydrogen (secondary N) is 1. The lowest BCUT2D eigenvalue weighted by Gasteiger charge is -2.20. The molecule has 3 heterocycles. The molecule has 8 atom stereocenters. The second kappa shape index (κ2) is 10.2. The third-order valence-electron chi connectivity index (χ3n) is 5.64. The van der Waals surface area contributed by atoms with Gasteiger partial charge in [0.15, 0.2) is 12.5 Å². The van der Waals surface area contributed by atoms with Crippen LogP contribution < -0.4 is 11.0 Å². The van der Waals surface area contributed by atoms with Gasteiger partial charge in [-0.25, -0.2) is 4.79 Å². The Balaban J connectivity index is 1.39. The molecule has 0 bridgehead atoms. The Morgan fingerprint density at radius 1 is 1.00 bits per heavy atom. The molecule has 184 valence electrons. The van der Waals surface area contributed by atoms with Crippen LogP contribution in [0.15, 0.2) is 47.4 Å². The van der Waals surface area contributed by atoms with Crippen LogP contribution in [-0.4, -0.2) is 97.1 Å². The van der Waals surface area contributed by atoms with Gasteiger partial charge in [-0.1, -0.05) is 18.2 Å². The van der Waals surface area contributed by atoms with E-state index in [2.05, 4.69) is 10.3 Å². The fourth-order valence-corrected chi connectivity index (χ4v) is 3.74. The molecule has 0 aliphatic carbocycles. The molecule has 1 aromatic heterocycles. The third-order valence-corrected chi connectivity index (χ3v) is 5.64. The monoisotopic (exact) mass is 479 g/mol. The van der Waals surface area contributed by atoms with E-state index in [0.29, 0.717) is 5.56 Å². The Bertz CT molecular complexity index is 1050. The van der Waals surface area contributed by atoms with Crippen molar-refractivity contribution in [2.45, 2.75) is 49.1 Å². The molecule has 1 amide bonds. The number of hydrogen-bond donors (Lipinski definition) is 6. The van der Waals surface area contributed by atoms with E-state index in [1.807, 2.05) is 0 Å². The third kappa shape index (κ3) is 4.87. The number of carbonyl (C=O) groups is 1. The van der Waals surface area contributed by atoms with Crippen LogP contribution >= 0.6 is 0 Å². The number of benzene rings is 1. The predicted octanol–water partition coefficient (Wildman–Crippen LogP) is -2.43. The minimum Gasteiger partial charge on any atom is -0.394 e. The van der Waals surface area contributed by atoms with Gasteiger partial charge in [-0.2, -0.15) is 4.98 Å². The number of hydrogen-bond acceptors (Lipinski definition) is 11. The van der Waals surface area contributed by atoms with Crippen LogP contribution in [-0.2, 0) is 14.2 Å². The van der Waals surface area contributed by atoms with E-state index >= 15 is 0 Å². The molecule has 2 fully saturated rings. The Labute approximate surface area is 192 Å². The molecule has 4 rings (SSSR count). The van der Waals surface area contributed by atoms with Crippen LogP contribution in [0.4, 0.5) is 5.82 Å². The van der Waals surface area contributed by atoms with Crippen molar-refractivity contribution in [2.75, 3.05) is 18.5 Å². The Hall–Kier alpha value is -2.75. The maximum absolute atomic E-state index is 12.5. The number of aliphatic hydroxyl groups is 5. The van der Waals surface area contributed by atoms with Gasteiger partial charge in [-0.05, 0) is 18.2 Å². The standard InChI is InChI=1S/C21H25N3O10/c25-8-11-14(26)17(29)20(34-11)32-9-12-15(27)16(28)19(33-12)24-7-6-13(23-21(24)31)22-18(30)10-4-2-1-3-5-10/h1-7,11-12,14-17,19-20,25-29H,8-9H2,(H,22,23,30,31)/t11-,12-,14-,15-,16-,17-,19-,20?/m1/s1. The molecular weight excluding hydrogens is 454 g/mol.